The Morgan fingerprint density at radius 3 is 2.81 bits per heavy atom. The molecule has 7 heteroatoms. The molecule has 0 spiro atoms. The highest BCUT2D eigenvalue weighted by atomic mass is 79.9. The summed E-state index contributed by atoms with van der Waals surface area (Å²) < 4.78 is 8.11. The maximum Gasteiger partial charge on any atom is 0.263 e. The maximum absolute atomic E-state index is 13.3. The van der Waals surface area contributed by atoms with E-state index < -0.39 is 0 Å². The number of aryl methyl sites for hydroxylation is 2. The van der Waals surface area contributed by atoms with Crippen LogP contribution in [0.1, 0.15) is 28.8 Å². The lowest BCUT2D eigenvalue weighted by Gasteiger charge is -2.13. The van der Waals surface area contributed by atoms with Crippen LogP contribution in [0.2, 0.25) is 0 Å². The minimum absolute atomic E-state index is 0.0924. The first-order valence-corrected chi connectivity index (χ1v) is 11.7. The summed E-state index contributed by atoms with van der Waals surface area (Å²) in [5, 5.41) is 1.63. The average Bonchev–Trinajstić information content (AvgIpc) is 3.05. The van der Waals surface area contributed by atoms with Gasteiger partial charge in [-0.05, 0) is 48.9 Å². The topological polar surface area (TPSA) is 44.1 Å². The molecule has 1 aromatic carbocycles. The summed E-state index contributed by atoms with van der Waals surface area (Å²) in [5.74, 6) is 0.781. The first-order chi connectivity index (χ1) is 13.2. The molecule has 0 fully saturated rings. The Labute approximate surface area is 175 Å². The average molecular weight is 465 g/mol. The highest BCUT2D eigenvalue weighted by Crippen LogP contribution is 2.35. The van der Waals surface area contributed by atoms with Gasteiger partial charge in [0.1, 0.15) is 4.83 Å². The number of nitrogens with zero attached hydrogens (tertiary/aromatic N) is 2. The SMILES string of the molecule is COCCn1c(SCc2ccc(Br)cc2)nc2sc3c(c2c1=O)CCCC3. The van der Waals surface area contributed by atoms with Crippen molar-refractivity contribution < 1.29 is 4.74 Å². The number of fused-ring (bicyclic) bond motifs is 3. The molecular weight excluding hydrogens is 444 g/mol. The molecular formula is C20H21BrN2O2S2. The summed E-state index contributed by atoms with van der Waals surface area (Å²) in [4.78, 5) is 20.5. The lowest BCUT2D eigenvalue weighted by Crippen LogP contribution is -2.25. The zero-order valence-electron chi connectivity index (χ0n) is 15.2. The van der Waals surface area contributed by atoms with Gasteiger partial charge in [0.25, 0.3) is 5.56 Å². The number of rotatable bonds is 6. The number of hydrogen-bond acceptors (Lipinski definition) is 5. The van der Waals surface area contributed by atoms with Crippen molar-refractivity contribution in [1.29, 1.82) is 0 Å². The lowest BCUT2D eigenvalue weighted by molar-refractivity contribution is 0.183. The molecule has 1 aliphatic rings. The minimum Gasteiger partial charge on any atom is -0.383 e. The zero-order valence-corrected chi connectivity index (χ0v) is 18.4. The van der Waals surface area contributed by atoms with Crippen molar-refractivity contribution in [3.63, 3.8) is 0 Å². The van der Waals surface area contributed by atoms with Gasteiger partial charge in [0.2, 0.25) is 0 Å². The third kappa shape index (κ3) is 4.01. The molecule has 4 rings (SSSR count). The number of benzene rings is 1. The van der Waals surface area contributed by atoms with Crippen LogP contribution in [0.4, 0.5) is 0 Å². The van der Waals surface area contributed by atoms with Crippen molar-refractivity contribution in [2.75, 3.05) is 13.7 Å². The van der Waals surface area contributed by atoms with Gasteiger partial charge in [-0.25, -0.2) is 4.98 Å². The Morgan fingerprint density at radius 1 is 1.26 bits per heavy atom. The summed E-state index contributed by atoms with van der Waals surface area (Å²) >= 11 is 6.80. The molecule has 0 radical (unpaired) electrons. The van der Waals surface area contributed by atoms with Crippen LogP contribution in [0.15, 0.2) is 38.7 Å². The summed E-state index contributed by atoms with van der Waals surface area (Å²) in [6.07, 6.45) is 4.45. The maximum atomic E-state index is 13.3. The Kier molecular flexibility index (Phi) is 6.02. The van der Waals surface area contributed by atoms with Crippen molar-refractivity contribution in [3.8, 4) is 0 Å². The van der Waals surface area contributed by atoms with Crippen molar-refractivity contribution in [1.82, 2.24) is 9.55 Å². The van der Waals surface area contributed by atoms with Gasteiger partial charge in [0, 0.05) is 22.2 Å². The smallest absolute Gasteiger partial charge is 0.263 e. The number of ether oxygens (including phenoxy) is 1. The number of aromatic nitrogens is 2. The Bertz CT molecular complexity index is 1010. The van der Waals surface area contributed by atoms with Crippen molar-refractivity contribution >= 4 is 49.2 Å². The number of thiophene rings is 1. The van der Waals surface area contributed by atoms with Crippen molar-refractivity contribution in [2.45, 2.75) is 43.1 Å². The predicted octanol–water partition coefficient (Wildman–Crippen LogP) is 5.04. The molecule has 0 amide bonds. The normalized spacial score (nSPS) is 13.9. The van der Waals surface area contributed by atoms with Gasteiger partial charge >= 0.3 is 0 Å². The molecule has 3 aromatic rings. The molecule has 0 saturated carbocycles. The number of thioether (sulfide) groups is 1. The molecule has 4 nitrogen and oxygen atoms in total. The van der Waals surface area contributed by atoms with E-state index in [1.165, 1.54) is 22.4 Å². The lowest BCUT2D eigenvalue weighted by atomic mass is 9.97. The fraction of sp³-hybridized carbons (Fsp3) is 0.400. The number of hydrogen-bond donors (Lipinski definition) is 0. The standard InChI is InChI=1S/C20H21BrN2O2S2/c1-25-11-10-23-19(24)17-15-4-2-3-5-16(15)27-18(17)22-20(23)26-12-13-6-8-14(21)9-7-13/h6-9H,2-5,10-12H2,1H3. The van der Waals surface area contributed by atoms with E-state index in [2.05, 4.69) is 28.1 Å². The molecule has 0 N–H and O–H groups in total. The van der Waals surface area contributed by atoms with Crippen LogP contribution < -0.4 is 5.56 Å². The second-order valence-electron chi connectivity index (χ2n) is 6.65. The van der Waals surface area contributed by atoms with Crippen LogP contribution in [0.25, 0.3) is 10.2 Å². The summed E-state index contributed by atoms with van der Waals surface area (Å²) in [6, 6.07) is 8.27. The van der Waals surface area contributed by atoms with Gasteiger partial charge < -0.3 is 4.74 Å². The first-order valence-electron chi connectivity index (χ1n) is 9.08. The second-order valence-corrected chi connectivity index (χ2v) is 9.59. The van der Waals surface area contributed by atoms with Gasteiger partial charge in [0.05, 0.1) is 18.5 Å². The van der Waals surface area contributed by atoms with E-state index in [1.807, 2.05) is 12.1 Å². The second kappa shape index (κ2) is 8.47. The van der Waals surface area contributed by atoms with Gasteiger partial charge in [-0.3, -0.25) is 9.36 Å². The van der Waals surface area contributed by atoms with Crippen LogP contribution in [0, 0.1) is 0 Å². The summed E-state index contributed by atoms with van der Waals surface area (Å²) in [5.41, 5.74) is 2.55. The van der Waals surface area contributed by atoms with E-state index in [1.54, 1.807) is 34.8 Å². The van der Waals surface area contributed by atoms with Crippen molar-refractivity contribution in [3.05, 3.63) is 55.1 Å². The van der Waals surface area contributed by atoms with E-state index in [9.17, 15) is 4.79 Å². The third-order valence-electron chi connectivity index (χ3n) is 4.84. The molecule has 2 aromatic heterocycles. The zero-order chi connectivity index (χ0) is 18.8. The van der Waals surface area contributed by atoms with Crippen LogP contribution in [-0.2, 0) is 29.9 Å². The molecule has 0 unspecified atom stereocenters. The van der Waals surface area contributed by atoms with Crippen molar-refractivity contribution in [2.24, 2.45) is 0 Å². The van der Waals surface area contributed by atoms with E-state index >= 15 is 0 Å². The molecule has 0 bridgehead atoms. The molecule has 27 heavy (non-hydrogen) atoms. The molecule has 0 saturated heterocycles. The van der Waals surface area contributed by atoms with Gasteiger partial charge in [-0.15, -0.1) is 11.3 Å². The van der Waals surface area contributed by atoms with Crippen LogP contribution in [0.3, 0.4) is 0 Å². The van der Waals surface area contributed by atoms with Crippen LogP contribution in [-0.4, -0.2) is 23.3 Å². The molecule has 2 heterocycles. The van der Waals surface area contributed by atoms with E-state index in [4.69, 9.17) is 9.72 Å². The fourth-order valence-corrected chi connectivity index (χ4v) is 5.99. The summed E-state index contributed by atoms with van der Waals surface area (Å²) in [7, 11) is 1.66. The first kappa shape index (κ1) is 19.2. The van der Waals surface area contributed by atoms with E-state index in [0.717, 1.165) is 44.9 Å². The van der Waals surface area contributed by atoms with E-state index in [-0.39, 0.29) is 5.56 Å². The Morgan fingerprint density at radius 2 is 2.04 bits per heavy atom. The van der Waals surface area contributed by atoms with Crippen LogP contribution in [0.5, 0.6) is 0 Å². The number of halogens is 1. The largest absolute Gasteiger partial charge is 0.383 e. The highest BCUT2D eigenvalue weighted by molar-refractivity contribution is 9.10. The fourth-order valence-electron chi connectivity index (χ4n) is 3.44. The molecule has 1 aliphatic carbocycles. The minimum atomic E-state index is 0.0924. The quantitative estimate of drug-likeness (QED) is 0.378. The predicted molar refractivity (Wildman–Crippen MR) is 116 cm³/mol. The van der Waals surface area contributed by atoms with Gasteiger partial charge in [-0.1, -0.05) is 39.8 Å². The number of methoxy groups -OCH3 is 1. The van der Waals surface area contributed by atoms with Crippen LogP contribution >= 0.6 is 39.0 Å². The molecule has 142 valence electrons. The van der Waals surface area contributed by atoms with E-state index in [0.29, 0.717) is 13.2 Å². The monoisotopic (exact) mass is 464 g/mol. The summed E-state index contributed by atoms with van der Waals surface area (Å²) in [6.45, 7) is 1.04. The molecule has 0 atom stereocenters. The van der Waals surface area contributed by atoms with Gasteiger partial charge in [0.15, 0.2) is 5.16 Å². The third-order valence-corrected chi connectivity index (χ3v) is 7.60. The highest BCUT2D eigenvalue weighted by Gasteiger charge is 2.22. The molecule has 0 aliphatic heterocycles. The Balaban J connectivity index is 1.73. The van der Waals surface area contributed by atoms with Gasteiger partial charge in [-0.2, -0.15) is 0 Å². The Hall–Kier alpha value is -1.15.